The van der Waals surface area contributed by atoms with Crippen LogP contribution in [-0.2, 0) is 13.1 Å². The molecule has 114 valence electrons. The van der Waals surface area contributed by atoms with Gasteiger partial charge in [0.25, 0.3) is 0 Å². The summed E-state index contributed by atoms with van der Waals surface area (Å²) in [6.45, 7) is 10.2. The van der Waals surface area contributed by atoms with Gasteiger partial charge in [-0.05, 0) is 39.8 Å². The molecule has 1 N–H and O–H groups in total. The van der Waals surface area contributed by atoms with Crippen LogP contribution >= 0.6 is 11.3 Å². The third-order valence-corrected chi connectivity index (χ3v) is 4.12. The molecule has 0 unspecified atom stereocenters. The van der Waals surface area contributed by atoms with Crippen LogP contribution in [0.25, 0.3) is 0 Å². The van der Waals surface area contributed by atoms with Crippen LogP contribution in [0.4, 0.5) is 5.13 Å². The van der Waals surface area contributed by atoms with E-state index < -0.39 is 0 Å². The topological polar surface area (TPSA) is 41.1 Å². The molecular formula is C16H24N4S. The molecule has 2 rings (SSSR count). The highest BCUT2D eigenvalue weighted by Crippen LogP contribution is 2.23. The molecule has 0 aliphatic rings. The van der Waals surface area contributed by atoms with Gasteiger partial charge in [-0.15, -0.1) is 11.3 Å². The van der Waals surface area contributed by atoms with Crippen molar-refractivity contribution in [3.63, 3.8) is 0 Å². The van der Waals surface area contributed by atoms with Gasteiger partial charge in [-0.25, -0.2) is 4.98 Å². The number of anilines is 1. The van der Waals surface area contributed by atoms with Crippen molar-refractivity contribution in [3.8, 4) is 0 Å². The first kappa shape index (κ1) is 15.9. The van der Waals surface area contributed by atoms with E-state index in [1.54, 1.807) is 11.3 Å². The molecular weight excluding hydrogens is 280 g/mol. The van der Waals surface area contributed by atoms with E-state index in [0.29, 0.717) is 0 Å². The number of thiazole rings is 1. The molecule has 2 aromatic heterocycles. The third-order valence-electron chi connectivity index (χ3n) is 3.01. The van der Waals surface area contributed by atoms with Crippen molar-refractivity contribution in [1.82, 2.24) is 15.3 Å². The highest BCUT2D eigenvalue weighted by molar-refractivity contribution is 7.15. The Hall–Kier alpha value is -1.46. The first-order valence-corrected chi connectivity index (χ1v) is 7.98. The normalized spacial score (nSPS) is 11.7. The number of hydrogen-bond acceptors (Lipinski definition) is 5. The van der Waals surface area contributed by atoms with Crippen molar-refractivity contribution < 1.29 is 0 Å². The molecule has 5 heteroatoms. The van der Waals surface area contributed by atoms with Crippen LogP contribution < -0.4 is 10.2 Å². The molecule has 0 aliphatic carbocycles. The number of pyridine rings is 1. The molecule has 2 heterocycles. The van der Waals surface area contributed by atoms with Crippen LogP contribution in [0.1, 0.15) is 37.0 Å². The van der Waals surface area contributed by atoms with Gasteiger partial charge in [-0.3, -0.25) is 4.98 Å². The third kappa shape index (κ3) is 5.10. The van der Waals surface area contributed by atoms with Crippen molar-refractivity contribution in [2.45, 2.75) is 46.3 Å². The highest BCUT2D eigenvalue weighted by Gasteiger charge is 2.12. The lowest BCUT2D eigenvalue weighted by atomic mass is 10.1. The van der Waals surface area contributed by atoms with E-state index >= 15 is 0 Å². The molecule has 0 fully saturated rings. The predicted molar refractivity (Wildman–Crippen MR) is 89.8 cm³/mol. The van der Waals surface area contributed by atoms with E-state index in [4.69, 9.17) is 0 Å². The first-order chi connectivity index (χ1) is 9.83. The van der Waals surface area contributed by atoms with Crippen LogP contribution in [-0.4, -0.2) is 22.6 Å². The van der Waals surface area contributed by atoms with Crippen LogP contribution in [0.3, 0.4) is 0 Å². The van der Waals surface area contributed by atoms with E-state index in [1.807, 2.05) is 25.3 Å². The summed E-state index contributed by atoms with van der Waals surface area (Å²) in [6, 6.07) is 6.12. The van der Waals surface area contributed by atoms with Gasteiger partial charge in [0.15, 0.2) is 5.13 Å². The van der Waals surface area contributed by atoms with Gasteiger partial charge in [0.2, 0.25) is 0 Å². The Labute approximate surface area is 131 Å². The Morgan fingerprint density at radius 2 is 2.05 bits per heavy atom. The molecule has 2 aromatic rings. The fourth-order valence-corrected chi connectivity index (χ4v) is 2.72. The number of aryl methyl sites for hydroxylation is 1. The molecule has 0 radical (unpaired) electrons. The molecule has 0 saturated carbocycles. The van der Waals surface area contributed by atoms with Crippen LogP contribution in [0, 0.1) is 6.92 Å². The summed E-state index contributed by atoms with van der Waals surface area (Å²) >= 11 is 1.73. The Bertz CT molecular complexity index is 586. The van der Waals surface area contributed by atoms with E-state index in [2.05, 4.69) is 54.1 Å². The maximum absolute atomic E-state index is 4.54. The maximum atomic E-state index is 4.54. The van der Waals surface area contributed by atoms with Gasteiger partial charge in [0, 0.05) is 35.9 Å². The zero-order chi connectivity index (χ0) is 15.5. The summed E-state index contributed by atoms with van der Waals surface area (Å²) in [4.78, 5) is 12.4. The Kier molecular flexibility index (Phi) is 4.96. The largest absolute Gasteiger partial charge is 0.345 e. The molecule has 0 bridgehead atoms. The average molecular weight is 304 g/mol. The van der Waals surface area contributed by atoms with E-state index in [9.17, 15) is 0 Å². The Balaban J connectivity index is 1.97. The minimum absolute atomic E-state index is 0.127. The number of aromatic nitrogens is 2. The minimum atomic E-state index is 0.127. The SMILES string of the molecule is Cc1cccc(CN(C)c2ncc(CNC(C)(C)C)s2)n1. The van der Waals surface area contributed by atoms with Gasteiger partial charge in [0.1, 0.15) is 0 Å². The molecule has 0 spiro atoms. The quantitative estimate of drug-likeness (QED) is 0.919. The lowest BCUT2D eigenvalue weighted by Gasteiger charge is -2.19. The van der Waals surface area contributed by atoms with Crippen LogP contribution in [0.15, 0.2) is 24.4 Å². The number of rotatable bonds is 5. The smallest absolute Gasteiger partial charge is 0.185 e. The van der Waals surface area contributed by atoms with Gasteiger partial charge < -0.3 is 10.2 Å². The number of nitrogens with one attached hydrogen (secondary N) is 1. The Morgan fingerprint density at radius 1 is 1.29 bits per heavy atom. The summed E-state index contributed by atoms with van der Waals surface area (Å²) in [5, 5.41) is 4.52. The second-order valence-electron chi connectivity index (χ2n) is 6.34. The fraction of sp³-hybridized carbons (Fsp3) is 0.500. The summed E-state index contributed by atoms with van der Waals surface area (Å²) in [7, 11) is 2.06. The van der Waals surface area contributed by atoms with Crippen molar-refractivity contribution in [2.75, 3.05) is 11.9 Å². The monoisotopic (exact) mass is 304 g/mol. The fourth-order valence-electron chi connectivity index (χ4n) is 1.91. The second-order valence-corrected chi connectivity index (χ2v) is 7.43. The van der Waals surface area contributed by atoms with E-state index in [0.717, 1.165) is 29.6 Å². The molecule has 0 aliphatic heterocycles. The maximum Gasteiger partial charge on any atom is 0.185 e. The van der Waals surface area contributed by atoms with Crippen LogP contribution in [0.5, 0.6) is 0 Å². The minimum Gasteiger partial charge on any atom is -0.345 e. The lowest BCUT2D eigenvalue weighted by molar-refractivity contribution is 0.426. The number of hydrogen-bond donors (Lipinski definition) is 1. The zero-order valence-corrected chi connectivity index (χ0v) is 14.3. The summed E-state index contributed by atoms with van der Waals surface area (Å²) in [6.07, 6.45) is 1.96. The van der Waals surface area contributed by atoms with Crippen molar-refractivity contribution in [3.05, 3.63) is 40.7 Å². The second kappa shape index (κ2) is 6.54. The first-order valence-electron chi connectivity index (χ1n) is 7.17. The predicted octanol–water partition coefficient (Wildman–Crippen LogP) is 3.37. The van der Waals surface area contributed by atoms with Crippen molar-refractivity contribution in [1.29, 1.82) is 0 Å². The zero-order valence-electron chi connectivity index (χ0n) is 13.5. The van der Waals surface area contributed by atoms with Gasteiger partial charge in [0.05, 0.1) is 12.2 Å². The van der Waals surface area contributed by atoms with Gasteiger partial charge >= 0.3 is 0 Å². The number of nitrogens with zero attached hydrogens (tertiary/aromatic N) is 3. The van der Waals surface area contributed by atoms with Gasteiger partial charge in [-0.2, -0.15) is 0 Å². The summed E-state index contributed by atoms with van der Waals surface area (Å²) in [5.41, 5.74) is 2.25. The van der Waals surface area contributed by atoms with Crippen molar-refractivity contribution >= 4 is 16.5 Å². The molecule has 0 atom stereocenters. The molecule has 0 amide bonds. The standard InChI is InChI=1S/C16H24N4S/c1-12-7-6-8-13(19-12)11-20(5)15-17-9-14(21-15)10-18-16(2,3)4/h6-9,18H,10-11H2,1-5H3. The molecule has 21 heavy (non-hydrogen) atoms. The lowest BCUT2D eigenvalue weighted by Crippen LogP contribution is -2.34. The van der Waals surface area contributed by atoms with E-state index in [1.165, 1.54) is 4.88 Å². The molecule has 0 aromatic carbocycles. The highest BCUT2D eigenvalue weighted by atomic mass is 32.1. The van der Waals surface area contributed by atoms with E-state index in [-0.39, 0.29) is 5.54 Å². The van der Waals surface area contributed by atoms with Crippen molar-refractivity contribution in [2.24, 2.45) is 0 Å². The molecule has 0 saturated heterocycles. The summed E-state index contributed by atoms with van der Waals surface area (Å²) < 4.78 is 0. The van der Waals surface area contributed by atoms with Crippen LogP contribution in [0.2, 0.25) is 0 Å². The van der Waals surface area contributed by atoms with Gasteiger partial charge in [-0.1, -0.05) is 6.07 Å². The molecule has 4 nitrogen and oxygen atoms in total. The summed E-state index contributed by atoms with van der Waals surface area (Å²) in [5.74, 6) is 0. The average Bonchev–Trinajstić information content (AvgIpc) is 2.84. The Morgan fingerprint density at radius 3 is 2.71 bits per heavy atom.